The van der Waals surface area contributed by atoms with E-state index in [4.69, 9.17) is 9.15 Å². The van der Waals surface area contributed by atoms with E-state index in [0.29, 0.717) is 23.6 Å². The van der Waals surface area contributed by atoms with Gasteiger partial charge in [-0.2, -0.15) is 0 Å². The Bertz CT molecular complexity index is 1180. The summed E-state index contributed by atoms with van der Waals surface area (Å²) >= 11 is 0. The number of hydrogen-bond acceptors (Lipinski definition) is 4. The third kappa shape index (κ3) is 5.16. The molecule has 6 heteroatoms. The fraction of sp³-hybridized carbons (Fsp3) is 0.154. The Hall–Kier alpha value is -4.06. The third-order valence-electron chi connectivity index (χ3n) is 5.04. The molecule has 1 unspecified atom stereocenters. The van der Waals surface area contributed by atoms with Crippen LogP contribution in [0.15, 0.2) is 89.3 Å². The van der Waals surface area contributed by atoms with Gasteiger partial charge in [-0.1, -0.05) is 60.7 Å². The molecule has 0 fully saturated rings. The van der Waals surface area contributed by atoms with Crippen molar-refractivity contribution in [3.63, 3.8) is 0 Å². The van der Waals surface area contributed by atoms with Crippen LogP contribution in [0.5, 0.6) is 5.75 Å². The summed E-state index contributed by atoms with van der Waals surface area (Å²) in [5, 5.41) is 6.72. The van der Waals surface area contributed by atoms with Crippen molar-refractivity contribution >= 4 is 22.8 Å². The van der Waals surface area contributed by atoms with Gasteiger partial charge in [0.25, 0.3) is 11.8 Å². The van der Waals surface area contributed by atoms with E-state index in [-0.39, 0.29) is 24.5 Å². The number of furan rings is 1. The summed E-state index contributed by atoms with van der Waals surface area (Å²) in [4.78, 5) is 25.1. The lowest BCUT2D eigenvalue weighted by Gasteiger charge is -2.14. The van der Waals surface area contributed by atoms with Crippen molar-refractivity contribution < 1.29 is 18.7 Å². The lowest BCUT2D eigenvalue weighted by Crippen LogP contribution is -2.31. The summed E-state index contributed by atoms with van der Waals surface area (Å²) in [6.45, 7) is 2.04. The molecule has 2 N–H and O–H groups in total. The van der Waals surface area contributed by atoms with Crippen LogP contribution in [-0.4, -0.2) is 18.4 Å². The maximum Gasteiger partial charge on any atom is 0.258 e. The van der Waals surface area contributed by atoms with Gasteiger partial charge in [-0.3, -0.25) is 9.59 Å². The molecule has 4 aromatic rings. The molecule has 1 atom stereocenters. The first kappa shape index (κ1) is 21.2. The Morgan fingerprint density at radius 3 is 2.47 bits per heavy atom. The van der Waals surface area contributed by atoms with E-state index in [2.05, 4.69) is 10.6 Å². The topological polar surface area (TPSA) is 80.6 Å². The van der Waals surface area contributed by atoms with Crippen LogP contribution in [0.1, 0.15) is 34.6 Å². The van der Waals surface area contributed by atoms with E-state index in [0.717, 1.165) is 16.5 Å². The zero-order valence-corrected chi connectivity index (χ0v) is 17.7. The highest BCUT2D eigenvalue weighted by molar-refractivity contribution is 5.97. The molecule has 2 amide bonds. The van der Waals surface area contributed by atoms with Gasteiger partial charge in [-0.05, 0) is 36.8 Å². The number of fused-ring (bicyclic) bond motifs is 1. The summed E-state index contributed by atoms with van der Waals surface area (Å²) in [6, 6.07) is 25.8. The molecule has 0 aliphatic rings. The van der Waals surface area contributed by atoms with E-state index in [9.17, 15) is 9.59 Å². The van der Waals surface area contributed by atoms with Crippen molar-refractivity contribution in [3.8, 4) is 5.75 Å². The Kier molecular flexibility index (Phi) is 6.51. The van der Waals surface area contributed by atoms with Crippen LogP contribution in [0, 0.1) is 0 Å². The first-order valence-corrected chi connectivity index (χ1v) is 10.4. The Morgan fingerprint density at radius 1 is 0.938 bits per heavy atom. The fourth-order valence-electron chi connectivity index (χ4n) is 3.37. The van der Waals surface area contributed by atoms with Crippen molar-refractivity contribution in [1.29, 1.82) is 0 Å². The molecule has 6 nitrogen and oxygen atoms in total. The van der Waals surface area contributed by atoms with Gasteiger partial charge >= 0.3 is 0 Å². The molecule has 0 spiro atoms. The maximum absolute atomic E-state index is 12.6. The van der Waals surface area contributed by atoms with Crippen molar-refractivity contribution in [2.24, 2.45) is 0 Å². The lowest BCUT2D eigenvalue weighted by atomic mass is 10.1. The Balaban J connectivity index is 1.34. The van der Waals surface area contributed by atoms with Gasteiger partial charge in [-0.25, -0.2) is 0 Å². The Morgan fingerprint density at radius 2 is 1.66 bits per heavy atom. The second-order valence-electron chi connectivity index (χ2n) is 7.43. The second kappa shape index (κ2) is 9.83. The van der Waals surface area contributed by atoms with Crippen molar-refractivity contribution in [2.75, 3.05) is 6.61 Å². The fourth-order valence-corrected chi connectivity index (χ4v) is 3.37. The quantitative estimate of drug-likeness (QED) is 0.429. The molecule has 0 bridgehead atoms. The molecule has 162 valence electrons. The minimum atomic E-state index is -0.317. The van der Waals surface area contributed by atoms with E-state index in [1.165, 1.54) is 0 Å². The van der Waals surface area contributed by atoms with E-state index in [1.807, 2.05) is 67.6 Å². The lowest BCUT2D eigenvalue weighted by molar-refractivity contribution is -0.123. The van der Waals surface area contributed by atoms with Crippen molar-refractivity contribution in [3.05, 3.63) is 102 Å². The standard InChI is InChI=1S/C26H24N2O4/c1-18(24-15-20-11-5-7-13-22(20)32-24)28-25(29)17-31-23-14-8-6-12-21(23)26(30)27-16-19-9-3-2-4-10-19/h2-15,18H,16-17H2,1H3,(H,27,30)(H,28,29). The molecule has 0 aliphatic carbocycles. The Labute approximate surface area is 186 Å². The van der Waals surface area contributed by atoms with E-state index < -0.39 is 0 Å². The van der Waals surface area contributed by atoms with Crippen LogP contribution in [0.4, 0.5) is 0 Å². The summed E-state index contributed by atoms with van der Waals surface area (Å²) in [7, 11) is 0. The summed E-state index contributed by atoms with van der Waals surface area (Å²) in [6.07, 6.45) is 0. The predicted molar refractivity (Wildman–Crippen MR) is 122 cm³/mol. The third-order valence-corrected chi connectivity index (χ3v) is 5.04. The molecule has 0 radical (unpaired) electrons. The molecular formula is C26H24N2O4. The normalized spacial score (nSPS) is 11.7. The molecule has 1 heterocycles. The highest BCUT2D eigenvalue weighted by Gasteiger charge is 2.16. The summed E-state index contributed by atoms with van der Waals surface area (Å²) in [5.41, 5.74) is 2.15. The SMILES string of the molecule is CC(NC(=O)COc1ccccc1C(=O)NCc1ccccc1)c1cc2ccccc2o1. The first-order chi connectivity index (χ1) is 15.6. The number of ether oxygens (including phenoxy) is 1. The zero-order chi connectivity index (χ0) is 22.3. The number of hydrogen-bond donors (Lipinski definition) is 2. The molecule has 32 heavy (non-hydrogen) atoms. The molecule has 0 saturated carbocycles. The highest BCUT2D eigenvalue weighted by Crippen LogP contribution is 2.23. The molecular weight excluding hydrogens is 404 g/mol. The molecule has 0 aliphatic heterocycles. The second-order valence-corrected chi connectivity index (χ2v) is 7.43. The van der Waals surface area contributed by atoms with Gasteiger partial charge < -0.3 is 19.8 Å². The minimum Gasteiger partial charge on any atom is -0.483 e. The van der Waals surface area contributed by atoms with Crippen LogP contribution < -0.4 is 15.4 Å². The summed E-state index contributed by atoms with van der Waals surface area (Å²) in [5.74, 6) is 0.447. The van der Waals surface area contributed by atoms with Crippen LogP contribution in [0.3, 0.4) is 0 Å². The zero-order valence-electron chi connectivity index (χ0n) is 17.7. The molecule has 1 aromatic heterocycles. The monoisotopic (exact) mass is 428 g/mol. The molecule has 3 aromatic carbocycles. The largest absolute Gasteiger partial charge is 0.483 e. The summed E-state index contributed by atoms with van der Waals surface area (Å²) < 4.78 is 11.5. The van der Waals surface area contributed by atoms with Crippen LogP contribution in [-0.2, 0) is 11.3 Å². The number of carbonyl (C=O) groups excluding carboxylic acids is 2. The van der Waals surface area contributed by atoms with Crippen molar-refractivity contribution in [2.45, 2.75) is 19.5 Å². The molecule has 4 rings (SSSR count). The number of rotatable bonds is 8. The van der Waals surface area contributed by atoms with E-state index in [1.54, 1.807) is 24.3 Å². The number of carbonyl (C=O) groups is 2. The van der Waals surface area contributed by atoms with Crippen LogP contribution >= 0.6 is 0 Å². The van der Waals surface area contributed by atoms with Crippen molar-refractivity contribution in [1.82, 2.24) is 10.6 Å². The first-order valence-electron chi connectivity index (χ1n) is 10.4. The van der Waals surface area contributed by atoms with E-state index >= 15 is 0 Å². The average molecular weight is 428 g/mol. The smallest absolute Gasteiger partial charge is 0.258 e. The van der Waals surface area contributed by atoms with Gasteiger partial charge in [0, 0.05) is 11.9 Å². The number of nitrogens with one attached hydrogen (secondary N) is 2. The van der Waals surface area contributed by atoms with Gasteiger partial charge in [0.15, 0.2) is 6.61 Å². The highest BCUT2D eigenvalue weighted by atomic mass is 16.5. The van der Waals surface area contributed by atoms with Crippen LogP contribution in [0.25, 0.3) is 11.0 Å². The number of para-hydroxylation sites is 2. The van der Waals surface area contributed by atoms with Gasteiger partial charge in [0.1, 0.15) is 17.1 Å². The van der Waals surface area contributed by atoms with Crippen LogP contribution in [0.2, 0.25) is 0 Å². The number of benzene rings is 3. The van der Waals surface area contributed by atoms with Gasteiger partial charge in [0.05, 0.1) is 11.6 Å². The predicted octanol–water partition coefficient (Wildman–Crippen LogP) is 4.62. The van der Waals surface area contributed by atoms with Gasteiger partial charge in [0.2, 0.25) is 0 Å². The van der Waals surface area contributed by atoms with Gasteiger partial charge in [-0.15, -0.1) is 0 Å². The minimum absolute atomic E-state index is 0.215. The maximum atomic E-state index is 12.6. The molecule has 0 saturated heterocycles. The number of amides is 2. The average Bonchev–Trinajstić information content (AvgIpc) is 3.27.